The van der Waals surface area contributed by atoms with Gasteiger partial charge >= 0.3 is 0 Å². The number of benzene rings is 1. The van der Waals surface area contributed by atoms with Crippen LogP contribution in [0.4, 0.5) is 11.4 Å². The van der Waals surface area contributed by atoms with E-state index in [4.69, 9.17) is 0 Å². The van der Waals surface area contributed by atoms with Crippen molar-refractivity contribution in [3.63, 3.8) is 0 Å². The van der Waals surface area contributed by atoms with E-state index in [1.807, 2.05) is 29.2 Å². The molecule has 0 radical (unpaired) electrons. The third-order valence-corrected chi connectivity index (χ3v) is 5.80. The molecule has 3 aliphatic rings. The Kier molecular flexibility index (Phi) is 5.62. The molecule has 3 amide bonds. The summed E-state index contributed by atoms with van der Waals surface area (Å²) in [4.78, 5) is 42.1. The molecule has 0 unspecified atom stereocenters. The molecule has 1 aromatic rings. The van der Waals surface area contributed by atoms with Gasteiger partial charge in [0.15, 0.2) is 0 Å². The summed E-state index contributed by atoms with van der Waals surface area (Å²) in [5.74, 6) is 0.751. The van der Waals surface area contributed by atoms with Crippen LogP contribution in [0.25, 0.3) is 0 Å². The van der Waals surface area contributed by atoms with Crippen molar-refractivity contribution in [2.24, 2.45) is 5.92 Å². The van der Waals surface area contributed by atoms with E-state index in [-0.39, 0.29) is 17.7 Å². The van der Waals surface area contributed by atoms with E-state index in [9.17, 15) is 14.4 Å². The van der Waals surface area contributed by atoms with Crippen molar-refractivity contribution in [2.75, 3.05) is 49.5 Å². The molecule has 4 rings (SSSR count). The Morgan fingerprint density at radius 3 is 2.32 bits per heavy atom. The number of nitrogens with one attached hydrogen (secondary N) is 1. The molecule has 0 bridgehead atoms. The van der Waals surface area contributed by atoms with E-state index >= 15 is 0 Å². The lowest BCUT2D eigenvalue weighted by atomic mass is 10.2. The zero-order valence-electron chi connectivity index (χ0n) is 16.2. The van der Waals surface area contributed by atoms with Crippen molar-refractivity contribution >= 4 is 29.1 Å². The molecular formula is C21H28N4O3. The molecule has 2 aliphatic heterocycles. The second-order valence-corrected chi connectivity index (χ2v) is 7.94. The first-order valence-corrected chi connectivity index (χ1v) is 10.3. The SMILES string of the molecule is O=C(CCN1CCN(C(=O)C2CC2)CC1)Nc1ccc(N2CCCC2=O)cc1. The van der Waals surface area contributed by atoms with Gasteiger partial charge in [0.25, 0.3) is 0 Å². The van der Waals surface area contributed by atoms with Crippen LogP contribution >= 0.6 is 0 Å². The standard InChI is InChI=1S/C21H28N4O3/c26-19(9-11-23-12-14-24(15-13-23)21(28)16-3-4-16)22-17-5-7-18(8-6-17)25-10-1-2-20(25)27/h5-8,16H,1-4,9-15H2,(H,22,26). The molecule has 2 saturated heterocycles. The van der Waals surface area contributed by atoms with Gasteiger partial charge in [-0.05, 0) is 43.5 Å². The monoisotopic (exact) mass is 384 g/mol. The summed E-state index contributed by atoms with van der Waals surface area (Å²) in [6, 6.07) is 7.46. The highest BCUT2D eigenvalue weighted by Crippen LogP contribution is 2.31. The zero-order valence-corrected chi connectivity index (χ0v) is 16.2. The highest BCUT2D eigenvalue weighted by atomic mass is 16.2. The molecule has 1 aromatic carbocycles. The average molecular weight is 384 g/mol. The molecule has 7 nitrogen and oxygen atoms in total. The number of amides is 3. The normalized spacial score (nSPS) is 20.5. The number of nitrogens with zero attached hydrogens (tertiary/aromatic N) is 3. The maximum absolute atomic E-state index is 12.3. The highest BCUT2D eigenvalue weighted by Gasteiger charge is 2.34. The molecule has 150 valence electrons. The summed E-state index contributed by atoms with van der Waals surface area (Å²) in [6.07, 6.45) is 4.05. The molecule has 28 heavy (non-hydrogen) atoms. The van der Waals surface area contributed by atoms with Gasteiger partial charge in [-0.1, -0.05) is 0 Å². The number of anilines is 2. The van der Waals surface area contributed by atoms with Gasteiger partial charge in [-0.3, -0.25) is 19.3 Å². The minimum atomic E-state index is -0.0125. The molecule has 0 aromatic heterocycles. The van der Waals surface area contributed by atoms with Gasteiger partial charge in [0.05, 0.1) is 0 Å². The molecular weight excluding hydrogens is 356 g/mol. The number of hydrogen-bond donors (Lipinski definition) is 1. The number of hydrogen-bond acceptors (Lipinski definition) is 4. The summed E-state index contributed by atoms with van der Waals surface area (Å²) in [7, 11) is 0. The number of carbonyl (C=O) groups is 3. The predicted molar refractivity (Wildman–Crippen MR) is 107 cm³/mol. The smallest absolute Gasteiger partial charge is 0.227 e. The van der Waals surface area contributed by atoms with Crippen molar-refractivity contribution in [3.05, 3.63) is 24.3 Å². The average Bonchev–Trinajstić information content (AvgIpc) is 3.48. The number of carbonyl (C=O) groups excluding carboxylic acids is 3. The molecule has 0 spiro atoms. The van der Waals surface area contributed by atoms with Gasteiger partial charge < -0.3 is 15.1 Å². The quantitative estimate of drug-likeness (QED) is 0.810. The molecule has 7 heteroatoms. The predicted octanol–water partition coefficient (Wildman–Crippen LogP) is 1.70. The molecule has 1 aliphatic carbocycles. The Morgan fingerprint density at radius 1 is 1.00 bits per heavy atom. The molecule has 0 atom stereocenters. The van der Waals surface area contributed by atoms with Gasteiger partial charge in [0.1, 0.15) is 0 Å². The Labute approximate surface area is 165 Å². The Morgan fingerprint density at radius 2 is 1.71 bits per heavy atom. The van der Waals surface area contributed by atoms with E-state index in [1.54, 1.807) is 4.90 Å². The summed E-state index contributed by atoms with van der Waals surface area (Å²) in [5, 5.41) is 2.93. The summed E-state index contributed by atoms with van der Waals surface area (Å²) < 4.78 is 0. The second-order valence-electron chi connectivity index (χ2n) is 7.94. The Balaban J connectivity index is 1.18. The van der Waals surface area contributed by atoms with Gasteiger partial charge in [-0.15, -0.1) is 0 Å². The lowest BCUT2D eigenvalue weighted by Gasteiger charge is -2.34. The van der Waals surface area contributed by atoms with Crippen molar-refractivity contribution in [1.29, 1.82) is 0 Å². The van der Waals surface area contributed by atoms with Crippen LogP contribution in [0, 0.1) is 5.92 Å². The zero-order chi connectivity index (χ0) is 19.5. The van der Waals surface area contributed by atoms with Gasteiger partial charge in [-0.25, -0.2) is 0 Å². The van der Waals surface area contributed by atoms with Crippen LogP contribution in [-0.2, 0) is 14.4 Å². The Hall–Kier alpha value is -2.41. The van der Waals surface area contributed by atoms with E-state index in [1.165, 1.54) is 0 Å². The largest absolute Gasteiger partial charge is 0.340 e. The maximum Gasteiger partial charge on any atom is 0.227 e. The van der Waals surface area contributed by atoms with Crippen LogP contribution in [-0.4, -0.2) is 66.8 Å². The van der Waals surface area contributed by atoms with Crippen LogP contribution in [0.3, 0.4) is 0 Å². The van der Waals surface area contributed by atoms with Gasteiger partial charge in [0.2, 0.25) is 17.7 Å². The number of piperazine rings is 1. The van der Waals surface area contributed by atoms with Crippen LogP contribution in [0.1, 0.15) is 32.1 Å². The first kappa shape index (κ1) is 18.9. The van der Waals surface area contributed by atoms with Gasteiger partial charge in [-0.2, -0.15) is 0 Å². The third kappa shape index (κ3) is 4.52. The van der Waals surface area contributed by atoms with Crippen molar-refractivity contribution in [3.8, 4) is 0 Å². The van der Waals surface area contributed by atoms with Crippen LogP contribution in [0.2, 0.25) is 0 Å². The van der Waals surface area contributed by atoms with Crippen molar-refractivity contribution < 1.29 is 14.4 Å². The fourth-order valence-corrected chi connectivity index (χ4v) is 3.91. The third-order valence-electron chi connectivity index (χ3n) is 5.80. The Bertz CT molecular complexity index is 737. The maximum atomic E-state index is 12.3. The van der Waals surface area contributed by atoms with E-state index in [2.05, 4.69) is 10.2 Å². The van der Waals surface area contributed by atoms with Crippen LogP contribution in [0.5, 0.6) is 0 Å². The first-order chi connectivity index (χ1) is 13.6. The van der Waals surface area contributed by atoms with Gasteiger partial charge in [0, 0.05) is 69.4 Å². The van der Waals surface area contributed by atoms with E-state index in [0.717, 1.165) is 63.4 Å². The summed E-state index contributed by atoms with van der Waals surface area (Å²) in [6.45, 7) is 4.69. The van der Waals surface area contributed by atoms with Crippen molar-refractivity contribution in [1.82, 2.24) is 9.80 Å². The number of rotatable bonds is 6. The molecule has 3 fully saturated rings. The fourth-order valence-electron chi connectivity index (χ4n) is 3.91. The molecule has 1 saturated carbocycles. The highest BCUT2D eigenvalue weighted by molar-refractivity contribution is 5.96. The lowest BCUT2D eigenvalue weighted by Crippen LogP contribution is -2.49. The fraction of sp³-hybridized carbons (Fsp3) is 0.571. The minimum absolute atomic E-state index is 0.0125. The van der Waals surface area contributed by atoms with E-state index in [0.29, 0.717) is 25.3 Å². The van der Waals surface area contributed by atoms with Crippen LogP contribution in [0.15, 0.2) is 24.3 Å². The summed E-state index contributed by atoms with van der Waals surface area (Å²) in [5.41, 5.74) is 1.64. The van der Waals surface area contributed by atoms with Crippen molar-refractivity contribution in [2.45, 2.75) is 32.1 Å². The van der Waals surface area contributed by atoms with E-state index < -0.39 is 0 Å². The lowest BCUT2D eigenvalue weighted by molar-refractivity contribution is -0.134. The minimum Gasteiger partial charge on any atom is -0.340 e. The summed E-state index contributed by atoms with van der Waals surface area (Å²) >= 11 is 0. The molecule has 2 heterocycles. The molecule has 1 N–H and O–H groups in total. The van der Waals surface area contributed by atoms with Crippen LogP contribution < -0.4 is 10.2 Å². The second kappa shape index (κ2) is 8.31. The first-order valence-electron chi connectivity index (χ1n) is 10.3. The topological polar surface area (TPSA) is 73.0 Å².